The second-order valence-corrected chi connectivity index (χ2v) is 3.16. The summed E-state index contributed by atoms with van der Waals surface area (Å²) in [5, 5.41) is 16.6. The molecule has 0 spiro atoms. The van der Waals surface area contributed by atoms with E-state index in [1.807, 2.05) is 11.9 Å². The highest BCUT2D eigenvalue weighted by atomic mass is 15.2. The molecule has 1 aromatic rings. The van der Waals surface area contributed by atoms with Gasteiger partial charge in [0.15, 0.2) is 5.82 Å². The van der Waals surface area contributed by atoms with Crippen molar-refractivity contribution in [3.63, 3.8) is 0 Å². The lowest BCUT2D eigenvalue weighted by atomic mass is 10.2. The first-order valence-corrected chi connectivity index (χ1v) is 4.72. The van der Waals surface area contributed by atoms with Crippen molar-refractivity contribution in [1.29, 1.82) is 5.26 Å². The Kier molecular flexibility index (Phi) is 3.86. The van der Waals surface area contributed by atoms with Crippen LogP contribution in [0, 0.1) is 11.3 Å². The van der Waals surface area contributed by atoms with E-state index in [9.17, 15) is 0 Å². The average Bonchev–Trinajstić information content (AvgIpc) is 2.25. The summed E-state index contributed by atoms with van der Waals surface area (Å²) < 4.78 is 0. The van der Waals surface area contributed by atoms with Crippen LogP contribution >= 0.6 is 0 Å². The molecule has 4 heteroatoms. The number of nitrogens with zero attached hydrogens (tertiary/aromatic N) is 4. The molecule has 1 aromatic heterocycles. The molecular weight excluding hydrogens is 176 g/mol. The van der Waals surface area contributed by atoms with Crippen LogP contribution in [0.25, 0.3) is 0 Å². The van der Waals surface area contributed by atoms with Crippen LogP contribution in [0.4, 0.5) is 5.82 Å². The van der Waals surface area contributed by atoms with Crippen molar-refractivity contribution in [2.75, 3.05) is 18.5 Å². The highest BCUT2D eigenvalue weighted by Gasteiger charge is 2.07. The monoisotopic (exact) mass is 190 g/mol. The largest absolute Gasteiger partial charge is 0.357 e. The van der Waals surface area contributed by atoms with Gasteiger partial charge in [-0.1, -0.05) is 13.3 Å². The number of aromatic nitrogens is 2. The Morgan fingerprint density at radius 3 is 3.00 bits per heavy atom. The maximum atomic E-state index is 8.85. The lowest BCUT2D eigenvalue weighted by Crippen LogP contribution is -2.21. The molecule has 4 nitrogen and oxygen atoms in total. The van der Waals surface area contributed by atoms with E-state index in [4.69, 9.17) is 5.26 Å². The number of rotatable bonds is 4. The van der Waals surface area contributed by atoms with Crippen LogP contribution in [0.3, 0.4) is 0 Å². The van der Waals surface area contributed by atoms with Crippen molar-refractivity contribution >= 4 is 5.82 Å². The second kappa shape index (κ2) is 5.18. The van der Waals surface area contributed by atoms with Crippen LogP contribution in [0.1, 0.15) is 25.3 Å². The van der Waals surface area contributed by atoms with Gasteiger partial charge in [0.2, 0.25) is 0 Å². The average molecular weight is 190 g/mol. The smallest absolute Gasteiger partial charge is 0.168 e. The van der Waals surface area contributed by atoms with E-state index < -0.39 is 0 Å². The molecule has 0 saturated carbocycles. The van der Waals surface area contributed by atoms with Gasteiger partial charge in [-0.2, -0.15) is 10.4 Å². The van der Waals surface area contributed by atoms with Crippen LogP contribution in [-0.4, -0.2) is 23.8 Å². The SMILES string of the molecule is CCCCN(C)c1nnccc1C#N. The molecular formula is C10H14N4. The fraction of sp³-hybridized carbons (Fsp3) is 0.500. The van der Waals surface area contributed by atoms with E-state index in [2.05, 4.69) is 23.2 Å². The Hall–Kier alpha value is -1.63. The Labute approximate surface area is 84.2 Å². The van der Waals surface area contributed by atoms with Crippen LogP contribution in [-0.2, 0) is 0 Å². The Morgan fingerprint density at radius 2 is 2.36 bits per heavy atom. The van der Waals surface area contributed by atoms with Crippen LogP contribution in [0.2, 0.25) is 0 Å². The third-order valence-electron chi connectivity index (χ3n) is 2.03. The lowest BCUT2D eigenvalue weighted by molar-refractivity contribution is 0.752. The molecule has 0 atom stereocenters. The summed E-state index contributed by atoms with van der Waals surface area (Å²) in [5.41, 5.74) is 0.582. The summed E-state index contributed by atoms with van der Waals surface area (Å²) in [6.45, 7) is 3.04. The first-order chi connectivity index (χ1) is 6.79. The van der Waals surface area contributed by atoms with Gasteiger partial charge in [0, 0.05) is 13.6 Å². The van der Waals surface area contributed by atoms with Crippen molar-refractivity contribution in [3.8, 4) is 6.07 Å². The van der Waals surface area contributed by atoms with Gasteiger partial charge in [0.05, 0.1) is 11.8 Å². The van der Waals surface area contributed by atoms with E-state index >= 15 is 0 Å². The van der Waals surface area contributed by atoms with Gasteiger partial charge in [-0.25, -0.2) is 0 Å². The van der Waals surface area contributed by atoms with Crippen molar-refractivity contribution in [3.05, 3.63) is 17.8 Å². The van der Waals surface area contributed by atoms with E-state index in [1.165, 1.54) is 6.20 Å². The van der Waals surface area contributed by atoms with Gasteiger partial charge in [0.25, 0.3) is 0 Å². The van der Waals surface area contributed by atoms with E-state index in [0.717, 1.165) is 19.4 Å². The number of hydrogen-bond donors (Lipinski definition) is 0. The minimum absolute atomic E-state index is 0.582. The molecule has 0 bridgehead atoms. The molecule has 1 rings (SSSR count). The minimum Gasteiger partial charge on any atom is -0.357 e. The zero-order chi connectivity index (χ0) is 10.4. The predicted molar refractivity (Wildman–Crippen MR) is 54.9 cm³/mol. The molecule has 0 aliphatic carbocycles. The standard InChI is InChI=1S/C10H14N4/c1-3-4-7-14(2)10-9(8-11)5-6-12-13-10/h5-6H,3-4,7H2,1-2H3. The summed E-state index contributed by atoms with van der Waals surface area (Å²) in [6, 6.07) is 3.79. The van der Waals surface area contributed by atoms with Crippen LogP contribution in [0.15, 0.2) is 12.3 Å². The first kappa shape index (κ1) is 10.5. The fourth-order valence-electron chi connectivity index (χ4n) is 1.19. The lowest BCUT2D eigenvalue weighted by Gasteiger charge is -2.17. The van der Waals surface area contributed by atoms with Crippen molar-refractivity contribution in [2.45, 2.75) is 19.8 Å². The van der Waals surface area contributed by atoms with E-state index in [1.54, 1.807) is 6.07 Å². The maximum Gasteiger partial charge on any atom is 0.168 e. The zero-order valence-corrected chi connectivity index (χ0v) is 8.56. The van der Waals surface area contributed by atoms with Gasteiger partial charge in [-0.15, -0.1) is 5.10 Å². The molecule has 0 aliphatic heterocycles. The zero-order valence-electron chi connectivity index (χ0n) is 8.56. The Balaban J connectivity index is 2.79. The molecule has 14 heavy (non-hydrogen) atoms. The number of anilines is 1. The molecule has 0 fully saturated rings. The third-order valence-corrected chi connectivity index (χ3v) is 2.03. The van der Waals surface area contributed by atoms with Crippen LogP contribution < -0.4 is 4.90 Å². The summed E-state index contributed by atoms with van der Waals surface area (Å²) in [7, 11) is 1.93. The summed E-state index contributed by atoms with van der Waals surface area (Å²) in [4.78, 5) is 1.97. The van der Waals surface area contributed by atoms with Gasteiger partial charge in [-0.05, 0) is 12.5 Å². The molecule has 0 aromatic carbocycles. The highest BCUT2D eigenvalue weighted by Crippen LogP contribution is 2.13. The summed E-state index contributed by atoms with van der Waals surface area (Å²) in [6.07, 6.45) is 3.76. The quantitative estimate of drug-likeness (QED) is 0.723. The normalized spacial score (nSPS) is 9.50. The van der Waals surface area contributed by atoms with Gasteiger partial charge < -0.3 is 4.90 Å². The highest BCUT2D eigenvalue weighted by molar-refractivity contribution is 5.51. The number of unbranched alkanes of at least 4 members (excludes halogenated alkanes) is 1. The molecule has 0 radical (unpaired) electrons. The Morgan fingerprint density at radius 1 is 1.57 bits per heavy atom. The number of nitriles is 1. The number of hydrogen-bond acceptors (Lipinski definition) is 4. The van der Waals surface area contributed by atoms with Crippen molar-refractivity contribution in [2.24, 2.45) is 0 Å². The Bertz CT molecular complexity index is 329. The molecule has 0 unspecified atom stereocenters. The van der Waals surface area contributed by atoms with Crippen molar-refractivity contribution in [1.82, 2.24) is 10.2 Å². The summed E-state index contributed by atoms with van der Waals surface area (Å²) >= 11 is 0. The van der Waals surface area contributed by atoms with Crippen LogP contribution in [0.5, 0.6) is 0 Å². The maximum absolute atomic E-state index is 8.85. The molecule has 0 N–H and O–H groups in total. The molecule has 0 aliphatic rings. The second-order valence-electron chi connectivity index (χ2n) is 3.16. The fourth-order valence-corrected chi connectivity index (χ4v) is 1.19. The molecule has 0 saturated heterocycles. The topological polar surface area (TPSA) is 52.8 Å². The van der Waals surface area contributed by atoms with E-state index in [0.29, 0.717) is 11.4 Å². The van der Waals surface area contributed by atoms with Crippen molar-refractivity contribution < 1.29 is 0 Å². The predicted octanol–water partition coefficient (Wildman–Crippen LogP) is 1.58. The molecule has 74 valence electrons. The first-order valence-electron chi connectivity index (χ1n) is 4.72. The molecule has 1 heterocycles. The van der Waals surface area contributed by atoms with Gasteiger partial charge >= 0.3 is 0 Å². The summed E-state index contributed by atoms with van der Waals surface area (Å²) in [5.74, 6) is 0.670. The minimum atomic E-state index is 0.582. The third kappa shape index (κ3) is 2.43. The van der Waals surface area contributed by atoms with Gasteiger partial charge in [0.1, 0.15) is 6.07 Å². The van der Waals surface area contributed by atoms with Gasteiger partial charge in [-0.3, -0.25) is 0 Å². The van der Waals surface area contributed by atoms with E-state index in [-0.39, 0.29) is 0 Å². The molecule has 0 amide bonds.